The van der Waals surface area contributed by atoms with Crippen molar-refractivity contribution in [1.29, 1.82) is 0 Å². The van der Waals surface area contributed by atoms with Crippen molar-refractivity contribution in [3.8, 4) is 0 Å². The maximum absolute atomic E-state index is 11.3. The first-order valence-corrected chi connectivity index (χ1v) is 4.87. The molecule has 94 valence electrons. The molecule has 0 aromatic heterocycles. The van der Waals surface area contributed by atoms with Gasteiger partial charge < -0.3 is 9.47 Å². The molecule has 0 amide bonds. The van der Waals surface area contributed by atoms with Gasteiger partial charge in [0.2, 0.25) is 0 Å². The number of ether oxygens (including phenoxy) is 2. The van der Waals surface area contributed by atoms with Gasteiger partial charge in [0.05, 0.1) is 0 Å². The molecule has 6 nitrogen and oxygen atoms in total. The van der Waals surface area contributed by atoms with Crippen molar-refractivity contribution >= 4 is 23.7 Å². The van der Waals surface area contributed by atoms with Crippen LogP contribution in [0.4, 0.5) is 0 Å². The minimum Gasteiger partial charge on any atom is -0.462 e. The molecule has 0 saturated heterocycles. The highest BCUT2D eigenvalue weighted by molar-refractivity contribution is 6.02. The summed E-state index contributed by atoms with van der Waals surface area (Å²) in [6.45, 7) is 3.45. The van der Waals surface area contributed by atoms with Gasteiger partial charge in [-0.2, -0.15) is 0 Å². The second-order valence-corrected chi connectivity index (χ2v) is 3.23. The fraction of sp³-hybridized carbons (Fsp3) is 0.455. The molecular weight excluding hydrogens is 228 g/mol. The SMILES string of the molecule is CC(=O)OCC=CC(C(C)=O)C(=O)OC(C)=O. The topological polar surface area (TPSA) is 86.7 Å². The molecule has 0 spiro atoms. The Balaban J connectivity index is 4.43. The van der Waals surface area contributed by atoms with Gasteiger partial charge in [-0.05, 0) is 13.0 Å². The van der Waals surface area contributed by atoms with Crippen LogP contribution in [0, 0.1) is 5.92 Å². The standard InChI is InChI=1S/C11H14O6/c1-7(12)10(11(15)17-9(3)14)5-4-6-16-8(2)13/h4-5,10H,6H2,1-3H3. The number of carbonyl (C=O) groups is 4. The monoisotopic (exact) mass is 242 g/mol. The van der Waals surface area contributed by atoms with Gasteiger partial charge in [-0.1, -0.05) is 6.08 Å². The molecular formula is C11H14O6. The number of hydrogen-bond donors (Lipinski definition) is 0. The van der Waals surface area contributed by atoms with Crippen LogP contribution >= 0.6 is 0 Å². The predicted molar refractivity (Wildman–Crippen MR) is 56.7 cm³/mol. The van der Waals surface area contributed by atoms with Crippen LogP contribution in [-0.2, 0) is 28.7 Å². The summed E-state index contributed by atoms with van der Waals surface area (Å²) in [7, 11) is 0. The van der Waals surface area contributed by atoms with Crippen LogP contribution in [0.25, 0.3) is 0 Å². The van der Waals surface area contributed by atoms with E-state index in [-0.39, 0.29) is 6.61 Å². The van der Waals surface area contributed by atoms with Crippen molar-refractivity contribution in [2.75, 3.05) is 6.61 Å². The van der Waals surface area contributed by atoms with Crippen LogP contribution in [0.5, 0.6) is 0 Å². The number of carbonyl (C=O) groups excluding carboxylic acids is 4. The highest BCUT2D eigenvalue weighted by Gasteiger charge is 2.23. The van der Waals surface area contributed by atoms with Gasteiger partial charge in [0.25, 0.3) is 0 Å². The molecule has 0 heterocycles. The minimum absolute atomic E-state index is 0.0491. The first-order chi connectivity index (χ1) is 7.84. The number of Topliss-reactive ketones (excluding diaryl/α,β-unsaturated/α-hetero) is 1. The molecule has 1 atom stereocenters. The smallest absolute Gasteiger partial charge is 0.328 e. The van der Waals surface area contributed by atoms with Gasteiger partial charge in [0.1, 0.15) is 18.3 Å². The zero-order valence-corrected chi connectivity index (χ0v) is 9.89. The fourth-order valence-electron chi connectivity index (χ4n) is 0.942. The molecule has 0 rings (SSSR count). The predicted octanol–water partition coefficient (Wildman–Crippen LogP) is 0.401. The average molecular weight is 242 g/mol. The molecule has 0 aliphatic heterocycles. The van der Waals surface area contributed by atoms with Crippen molar-refractivity contribution < 1.29 is 28.7 Å². The molecule has 0 aliphatic carbocycles. The van der Waals surface area contributed by atoms with E-state index in [0.717, 1.165) is 6.92 Å². The fourth-order valence-corrected chi connectivity index (χ4v) is 0.942. The van der Waals surface area contributed by atoms with Crippen LogP contribution in [-0.4, -0.2) is 30.3 Å². The second kappa shape index (κ2) is 7.32. The molecule has 0 aromatic carbocycles. The van der Waals surface area contributed by atoms with Gasteiger partial charge in [-0.25, -0.2) is 0 Å². The lowest BCUT2D eigenvalue weighted by atomic mass is 10.1. The van der Waals surface area contributed by atoms with Crippen LogP contribution < -0.4 is 0 Å². The number of esters is 3. The Bertz CT molecular complexity index is 355. The molecule has 0 bridgehead atoms. The van der Waals surface area contributed by atoms with Crippen molar-refractivity contribution in [3.05, 3.63) is 12.2 Å². The van der Waals surface area contributed by atoms with Gasteiger partial charge in [-0.15, -0.1) is 0 Å². The van der Waals surface area contributed by atoms with Crippen LogP contribution in [0.15, 0.2) is 12.2 Å². The lowest BCUT2D eigenvalue weighted by Crippen LogP contribution is -2.24. The molecule has 0 aliphatic rings. The molecule has 0 N–H and O–H groups in total. The maximum Gasteiger partial charge on any atom is 0.328 e. The molecule has 1 unspecified atom stereocenters. The quantitative estimate of drug-likeness (QED) is 0.394. The summed E-state index contributed by atoms with van der Waals surface area (Å²) < 4.78 is 8.87. The van der Waals surface area contributed by atoms with E-state index in [1.165, 1.54) is 26.0 Å². The van der Waals surface area contributed by atoms with Crippen LogP contribution in [0.3, 0.4) is 0 Å². The first kappa shape index (κ1) is 15.0. The zero-order valence-electron chi connectivity index (χ0n) is 9.89. The summed E-state index contributed by atoms with van der Waals surface area (Å²) in [5.41, 5.74) is 0. The van der Waals surface area contributed by atoms with E-state index in [1.54, 1.807) is 0 Å². The first-order valence-electron chi connectivity index (χ1n) is 4.87. The highest BCUT2D eigenvalue weighted by atomic mass is 16.6. The van der Waals surface area contributed by atoms with Crippen molar-refractivity contribution in [2.24, 2.45) is 5.92 Å². The van der Waals surface area contributed by atoms with Gasteiger partial charge in [0.15, 0.2) is 0 Å². The summed E-state index contributed by atoms with van der Waals surface area (Å²) in [4.78, 5) is 43.4. The molecule has 0 saturated carbocycles. The number of ketones is 1. The van der Waals surface area contributed by atoms with Crippen molar-refractivity contribution in [1.82, 2.24) is 0 Å². The summed E-state index contributed by atoms with van der Waals surface area (Å²) in [5.74, 6) is -3.82. The van der Waals surface area contributed by atoms with Gasteiger partial charge in [-0.3, -0.25) is 19.2 Å². The average Bonchev–Trinajstić information content (AvgIpc) is 2.14. The molecule has 17 heavy (non-hydrogen) atoms. The summed E-state index contributed by atoms with van der Waals surface area (Å²) >= 11 is 0. The third-order valence-electron chi connectivity index (χ3n) is 1.65. The van der Waals surface area contributed by atoms with E-state index in [0.29, 0.717) is 0 Å². The van der Waals surface area contributed by atoms with E-state index < -0.39 is 29.6 Å². The minimum atomic E-state index is -1.16. The van der Waals surface area contributed by atoms with Crippen molar-refractivity contribution in [2.45, 2.75) is 20.8 Å². The van der Waals surface area contributed by atoms with E-state index in [2.05, 4.69) is 9.47 Å². The Morgan fingerprint density at radius 3 is 2.06 bits per heavy atom. The summed E-state index contributed by atoms with van der Waals surface area (Å²) in [5, 5.41) is 0. The molecule has 0 radical (unpaired) electrons. The Morgan fingerprint density at radius 1 is 1.06 bits per heavy atom. The van der Waals surface area contributed by atoms with Crippen LogP contribution in [0.1, 0.15) is 20.8 Å². The largest absolute Gasteiger partial charge is 0.462 e. The van der Waals surface area contributed by atoms with E-state index in [4.69, 9.17) is 0 Å². The van der Waals surface area contributed by atoms with Crippen LogP contribution in [0.2, 0.25) is 0 Å². The zero-order chi connectivity index (χ0) is 13.4. The highest BCUT2D eigenvalue weighted by Crippen LogP contribution is 2.04. The Kier molecular flexibility index (Phi) is 6.47. The maximum atomic E-state index is 11.3. The van der Waals surface area contributed by atoms with E-state index in [9.17, 15) is 19.2 Å². The van der Waals surface area contributed by atoms with Gasteiger partial charge >= 0.3 is 17.9 Å². The number of hydrogen-bond acceptors (Lipinski definition) is 6. The Morgan fingerprint density at radius 2 is 1.65 bits per heavy atom. The van der Waals surface area contributed by atoms with Crippen molar-refractivity contribution in [3.63, 3.8) is 0 Å². The molecule has 0 aromatic rings. The van der Waals surface area contributed by atoms with Gasteiger partial charge in [0, 0.05) is 13.8 Å². The third kappa shape index (κ3) is 6.99. The Labute approximate surface area is 98.6 Å². The molecule has 6 heteroatoms. The van der Waals surface area contributed by atoms with E-state index in [1.807, 2.05) is 0 Å². The van der Waals surface area contributed by atoms with E-state index >= 15 is 0 Å². The summed E-state index contributed by atoms with van der Waals surface area (Å²) in [6.07, 6.45) is 2.57. The molecule has 0 fully saturated rings. The third-order valence-corrected chi connectivity index (χ3v) is 1.65. The normalized spacial score (nSPS) is 11.9. The number of rotatable bonds is 5. The summed E-state index contributed by atoms with van der Waals surface area (Å²) in [6, 6.07) is 0. The lowest BCUT2D eigenvalue weighted by molar-refractivity contribution is -0.160. The lowest BCUT2D eigenvalue weighted by Gasteiger charge is -2.06. The second-order valence-electron chi connectivity index (χ2n) is 3.23. The Hall–Kier alpha value is -1.98.